The Morgan fingerprint density at radius 2 is 1.88 bits per heavy atom. The second-order valence-corrected chi connectivity index (χ2v) is 8.77. The van der Waals surface area contributed by atoms with Crippen LogP contribution in [0.2, 0.25) is 0 Å². The monoisotopic (exact) mass is 468 g/mol. The van der Waals surface area contributed by atoms with Crippen LogP contribution in [0.15, 0.2) is 55.1 Å². The first-order chi connectivity index (χ1) is 16.2. The van der Waals surface area contributed by atoms with Crippen molar-refractivity contribution in [3.05, 3.63) is 71.9 Å². The summed E-state index contributed by atoms with van der Waals surface area (Å²) in [4.78, 5) is 31.6. The summed E-state index contributed by atoms with van der Waals surface area (Å²) in [5.74, 6) is -3.29. The predicted octanol–water partition coefficient (Wildman–Crippen LogP) is 5.21. The van der Waals surface area contributed by atoms with Gasteiger partial charge in [0.2, 0.25) is 5.92 Å². The van der Waals surface area contributed by atoms with Crippen LogP contribution in [0, 0.1) is 12.8 Å². The number of rotatable bonds is 10. The summed E-state index contributed by atoms with van der Waals surface area (Å²) in [5, 5.41) is 12.1. The molecule has 1 aromatic carbocycles. The Balaban J connectivity index is 1.48. The number of anilines is 1. The number of aliphatic carboxylic acids is 1. The van der Waals surface area contributed by atoms with Crippen LogP contribution in [-0.4, -0.2) is 37.3 Å². The number of benzene rings is 1. The largest absolute Gasteiger partial charge is 0.481 e. The summed E-state index contributed by atoms with van der Waals surface area (Å²) >= 11 is 0. The van der Waals surface area contributed by atoms with Crippen LogP contribution in [0.1, 0.15) is 59.8 Å². The summed E-state index contributed by atoms with van der Waals surface area (Å²) in [5.41, 5.74) is 2.86. The zero-order valence-electron chi connectivity index (χ0n) is 18.7. The van der Waals surface area contributed by atoms with Crippen LogP contribution in [0.4, 0.5) is 14.5 Å². The molecule has 1 aliphatic carbocycles. The molecule has 4 rings (SSSR count). The van der Waals surface area contributed by atoms with Gasteiger partial charge in [0, 0.05) is 37.4 Å². The van der Waals surface area contributed by atoms with Crippen LogP contribution >= 0.6 is 0 Å². The molecule has 178 valence electrons. The Bertz CT molecular complexity index is 1150. The fraction of sp³-hybridized carbons (Fsp3) is 0.360. The standard InChI is InChI=1S/C25H26F2N4O3/c1-16-14-31(15-29-16)22-10-9-20(13-28-22)30-24(19-11-25(26,27)12-19)18-7-5-17(6-8-18)21(32)3-2-4-23(33)34/h5-10,13-15,19,24,30H,2-4,11-12H2,1H3,(H,33,34). The minimum absolute atomic E-state index is 0.0566. The molecular formula is C25H26F2N4O3. The minimum atomic E-state index is -2.66. The maximum absolute atomic E-state index is 13.7. The SMILES string of the molecule is Cc1cn(-c2ccc(NC(c3ccc(C(=O)CCCC(=O)O)cc3)C3CC(F)(F)C3)cn2)cn1. The molecule has 3 aromatic rings. The lowest BCUT2D eigenvalue weighted by Crippen LogP contribution is -2.41. The average molecular weight is 469 g/mol. The maximum Gasteiger partial charge on any atom is 0.303 e. The molecule has 1 unspecified atom stereocenters. The van der Waals surface area contributed by atoms with Gasteiger partial charge in [0.05, 0.1) is 23.6 Å². The number of alkyl halides is 2. The number of Topliss-reactive ketones (excluding diaryl/α,β-unsaturated/α-hetero) is 1. The molecule has 1 saturated carbocycles. The van der Waals surface area contributed by atoms with Crippen molar-refractivity contribution in [2.45, 2.75) is 51.0 Å². The first-order valence-corrected chi connectivity index (χ1v) is 11.2. The van der Waals surface area contributed by atoms with Crippen LogP contribution in [0.5, 0.6) is 0 Å². The molecule has 0 radical (unpaired) electrons. The van der Waals surface area contributed by atoms with E-state index >= 15 is 0 Å². The van der Waals surface area contributed by atoms with Crippen LogP contribution < -0.4 is 5.32 Å². The van der Waals surface area contributed by atoms with Gasteiger partial charge in [-0.05, 0) is 37.0 Å². The summed E-state index contributed by atoms with van der Waals surface area (Å²) in [6.07, 6.45) is 5.15. The highest BCUT2D eigenvalue weighted by Gasteiger charge is 2.48. The molecule has 0 saturated heterocycles. The Morgan fingerprint density at radius 1 is 1.15 bits per heavy atom. The fourth-order valence-electron chi connectivity index (χ4n) is 4.19. The average Bonchev–Trinajstić information content (AvgIpc) is 3.22. The number of pyridine rings is 1. The lowest BCUT2D eigenvalue weighted by molar-refractivity contribution is -0.137. The van der Waals surface area contributed by atoms with E-state index in [1.165, 1.54) is 0 Å². The van der Waals surface area contributed by atoms with Gasteiger partial charge in [-0.1, -0.05) is 24.3 Å². The van der Waals surface area contributed by atoms with Crippen molar-refractivity contribution in [1.29, 1.82) is 0 Å². The Hall–Kier alpha value is -3.62. The zero-order chi connectivity index (χ0) is 24.3. The van der Waals surface area contributed by atoms with E-state index in [0.29, 0.717) is 17.1 Å². The lowest BCUT2D eigenvalue weighted by Gasteiger charge is -2.41. The smallest absolute Gasteiger partial charge is 0.303 e. The van der Waals surface area contributed by atoms with E-state index in [2.05, 4.69) is 15.3 Å². The third kappa shape index (κ3) is 5.65. The molecular weight excluding hydrogens is 442 g/mol. The first kappa shape index (κ1) is 23.5. The van der Waals surface area contributed by atoms with E-state index in [-0.39, 0.29) is 49.8 Å². The number of ketones is 1. The minimum Gasteiger partial charge on any atom is -0.481 e. The van der Waals surface area contributed by atoms with Crippen LogP contribution in [0.25, 0.3) is 5.82 Å². The molecule has 7 nitrogen and oxygen atoms in total. The summed E-state index contributed by atoms with van der Waals surface area (Å²) < 4.78 is 29.1. The van der Waals surface area contributed by atoms with Crippen molar-refractivity contribution >= 4 is 17.4 Å². The van der Waals surface area contributed by atoms with Crippen LogP contribution in [-0.2, 0) is 4.79 Å². The number of imidazole rings is 1. The number of nitrogens with zero attached hydrogens (tertiary/aromatic N) is 3. The number of carboxylic acids is 1. The molecule has 1 atom stereocenters. The number of halogens is 2. The fourth-order valence-corrected chi connectivity index (χ4v) is 4.19. The van der Waals surface area contributed by atoms with Gasteiger partial charge in [-0.25, -0.2) is 18.7 Å². The number of aromatic nitrogens is 3. The number of carboxylic acid groups (broad SMARTS) is 1. The third-order valence-electron chi connectivity index (χ3n) is 6.03. The highest BCUT2D eigenvalue weighted by molar-refractivity contribution is 5.96. The van der Waals surface area contributed by atoms with Gasteiger partial charge < -0.3 is 10.4 Å². The van der Waals surface area contributed by atoms with Gasteiger partial charge in [-0.3, -0.25) is 14.2 Å². The summed E-state index contributed by atoms with van der Waals surface area (Å²) in [7, 11) is 0. The lowest BCUT2D eigenvalue weighted by atomic mass is 9.74. The molecule has 2 heterocycles. The van der Waals surface area contributed by atoms with Gasteiger partial charge in [0.25, 0.3) is 0 Å². The molecule has 34 heavy (non-hydrogen) atoms. The van der Waals surface area contributed by atoms with Crippen molar-refractivity contribution in [3.8, 4) is 5.82 Å². The molecule has 1 aliphatic rings. The molecule has 0 amide bonds. The highest BCUT2D eigenvalue weighted by atomic mass is 19.3. The van der Waals surface area contributed by atoms with E-state index < -0.39 is 11.9 Å². The molecule has 2 aromatic heterocycles. The van der Waals surface area contributed by atoms with Gasteiger partial charge in [-0.15, -0.1) is 0 Å². The molecule has 0 bridgehead atoms. The Morgan fingerprint density at radius 3 is 2.44 bits per heavy atom. The summed E-state index contributed by atoms with van der Waals surface area (Å²) in [6, 6.07) is 10.2. The van der Waals surface area contributed by atoms with Gasteiger partial charge >= 0.3 is 5.97 Å². The zero-order valence-corrected chi connectivity index (χ0v) is 18.7. The molecule has 0 spiro atoms. The van der Waals surface area contributed by atoms with E-state index in [1.54, 1.807) is 41.4 Å². The number of nitrogens with one attached hydrogen (secondary N) is 1. The number of carbonyl (C=O) groups is 2. The third-order valence-corrected chi connectivity index (χ3v) is 6.03. The topological polar surface area (TPSA) is 97.1 Å². The first-order valence-electron chi connectivity index (χ1n) is 11.2. The Kier molecular flexibility index (Phi) is 6.72. The number of hydrogen-bond acceptors (Lipinski definition) is 5. The van der Waals surface area contributed by atoms with Crippen molar-refractivity contribution in [2.24, 2.45) is 5.92 Å². The molecule has 1 fully saturated rings. The van der Waals surface area contributed by atoms with E-state index in [0.717, 1.165) is 11.3 Å². The predicted molar refractivity (Wildman–Crippen MR) is 122 cm³/mol. The van der Waals surface area contributed by atoms with Gasteiger partial charge in [0.1, 0.15) is 12.1 Å². The Labute approximate surface area is 195 Å². The summed E-state index contributed by atoms with van der Waals surface area (Å²) in [6.45, 7) is 1.89. The normalized spacial score (nSPS) is 16.0. The second-order valence-electron chi connectivity index (χ2n) is 8.77. The van der Waals surface area contributed by atoms with Crippen molar-refractivity contribution in [2.75, 3.05) is 5.32 Å². The highest BCUT2D eigenvalue weighted by Crippen LogP contribution is 2.49. The molecule has 9 heteroatoms. The van der Waals surface area contributed by atoms with E-state index in [9.17, 15) is 18.4 Å². The number of aryl methyl sites for hydroxylation is 1. The van der Waals surface area contributed by atoms with Gasteiger partial charge in [0.15, 0.2) is 5.78 Å². The molecule has 0 aliphatic heterocycles. The van der Waals surface area contributed by atoms with Crippen molar-refractivity contribution in [1.82, 2.24) is 14.5 Å². The molecule has 2 N–H and O–H groups in total. The second kappa shape index (κ2) is 9.70. The van der Waals surface area contributed by atoms with Gasteiger partial charge in [-0.2, -0.15) is 0 Å². The van der Waals surface area contributed by atoms with Crippen molar-refractivity contribution < 1.29 is 23.5 Å². The number of hydrogen-bond donors (Lipinski definition) is 2. The van der Waals surface area contributed by atoms with Crippen LogP contribution in [0.3, 0.4) is 0 Å². The maximum atomic E-state index is 13.7. The van der Waals surface area contributed by atoms with Crippen molar-refractivity contribution in [3.63, 3.8) is 0 Å². The van der Waals surface area contributed by atoms with E-state index in [1.807, 2.05) is 25.3 Å². The quantitative estimate of drug-likeness (QED) is 0.397. The number of carbonyl (C=O) groups excluding carboxylic acids is 1. The van der Waals surface area contributed by atoms with E-state index in [4.69, 9.17) is 5.11 Å².